The number of fused-ring (bicyclic) bond motifs is 2. The molecular weight excluding hydrogens is 490 g/mol. The summed E-state index contributed by atoms with van der Waals surface area (Å²) in [5.41, 5.74) is 12.7. The monoisotopic (exact) mass is 527 g/mol. The van der Waals surface area contributed by atoms with E-state index in [9.17, 15) is 0 Å². The van der Waals surface area contributed by atoms with Crippen LogP contribution in [0, 0.1) is 5.41 Å². The molecule has 0 unspecified atom stereocenters. The fourth-order valence-corrected chi connectivity index (χ4v) is 6.63. The molecule has 0 bridgehead atoms. The number of aryl methyl sites for hydroxylation is 2. The van der Waals surface area contributed by atoms with Gasteiger partial charge in [-0.25, -0.2) is 9.97 Å². The Bertz CT molecular complexity index is 1410. The average molecular weight is 528 g/mol. The molecule has 2 N–H and O–H groups in total. The number of aromatic nitrogens is 5. The van der Waals surface area contributed by atoms with E-state index in [1.54, 1.807) is 0 Å². The Morgan fingerprint density at radius 2 is 1.97 bits per heavy atom. The summed E-state index contributed by atoms with van der Waals surface area (Å²) in [6, 6.07) is 4.39. The molecule has 3 aromatic rings. The molecule has 10 nitrogen and oxygen atoms in total. The van der Waals surface area contributed by atoms with Crippen molar-refractivity contribution in [2.24, 2.45) is 16.1 Å². The van der Waals surface area contributed by atoms with Gasteiger partial charge in [-0.3, -0.25) is 14.7 Å². The lowest BCUT2D eigenvalue weighted by Crippen LogP contribution is -2.50. The quantitative estimate of drug-likeness (QED) is 0.551. The molecule has 3 aromatic heterocycles. The fraction of sp³-hybridized carbons (Fsp3) is 0.552. The molecule has 2 saturated heterocycles. The van der Waals surface area contributed by atoms with Crippen LogP contribution in [0.1, 0.15) is 56.6 Å². The molecule has 4 aliphatic heterocycles. The smallest absolute Gasteiger partial charge is 0.156 e. The average Bonchev–Trinajstić information content (AvgIpc) is 3.68. The summed E-state index contributed by atoms with van der Waals surface area (Å²) in [7, 11) is 0. The van der Waals surface area contributed by atoms with Crippen LogP contribution in [0.5, 0.6) is 0 Å². The molecule has 1 spiro atoms. The van der Waals surface area contributed by atoms with Crippen molar-refractivity contribution in [3.63, 3.8) is 0 Å². The summed E-state index contributed by atoms with van der Waals surface area (Å²) in [5.74, 6) is 1.85. The van der Waals surface area contributed by atoms with Crippen LogP contribution in [0.15, 0.2) is 35.7 Å². The van der Waals surface area contributed by atoms with Crippen molar-refractivity contribution in [2.75, 3.05) is 36.0 Å². The third-order valence-electron chi connectivity index (χ3n) is 9.03. The Morgan fingerprint density at radius 1 is 1.10 bits per heavy atom. The van der Waals surface area contributed by atoms with E-state index in [2.05, 4.69) is 47.1 Å². The molecule has 0 radical (unpaired) electrons. The van der Waals surface area contributed by atoms with Gasteiger partial charge in [-0.15, -0.1) is 0 Å². The van der Waals surface area contributed by atoms with Gasteiger partial charge in [0, 0.05) is 49.4 Å². The van der Waals surface area contributed by atoms with Crippen molar-refractivity contribution in [2.45, 2.75) is 71.2 Å². The second-order valence-electron chi connectivity index (χ2n) is 11.5. The molecule has 4 aliphatic rings. The van der Waals surface area contributed by atoms with Crippen molar-refractivity contribution in [1.29, 1.82) is 0 Å². The third-order valence-corrected chi connectivity index (χ3v) is 9.03. The second-order valence-corrected chi connectivity index (χ2v) is 11.5. The highest BCUT2D eigenvalue weighted by molar-refractivity contribution is 6.11. The number of amidine groups is 1. The standard InChI is InChI=1S/C29H37N9O/c1-3-10-37-17-20(14-33-37)21-6-7-24-22(34-21)5-4-11-38(24)28-26-23(15-32-28)35-25(16-31-26)36-12-8-29(9-13-36)18-39-19(2)27(29)30/h6-7,14,16-17,19,27H,3-5,8-13,15,18,30H2,1-2H3/t19-,27+/m0/s1. The van der Waals surface area contributed by atoms with E-state index < -0.39 is 0 Å². The lowest BCUT2D eigenvalue weighted by molar-refractivity contribution is 0.0974. The van der Waals surface area contributed by atoms with Gasteiger partial charge >= 0.3 is 0 Å². The van der Waals surface area contributed by atoms with Gasteiger partial charge in [0.15, 0.2) is 5.84 Å². The van der Waals surface area contributed by atoms with Gasteiger partial charge in [-0.05, 0) is 51.2 Å². The lowest BCUT2D eigenvalue weighted by Gasteiger charge is -2.41. The second kappa shape index (κ2) is 9.67. The summed E-state index contributed by atoms with van der Waals surface area (Å²) in [5, 5.41) is 4.48. The molecule has 7 rings (SSSR count). The maximum Gasteiger partial charge on any atom is 0.156 e. The van der Waals surface area contributed by atoms with Crippen LogP contribution in [0.25, 0.3) is 11.3 Å². The van der Waals surface area contributed by atoms with Crippen LogP contribution in [-0.4, -0.2) is 69.0 Å². The normalized spacial score (nSPS) is 23.7. The van der Waals surface area contributed by atoms with E-state index in [1.807, 2.05) is 17.1 Å². The molecule has 2 fully saturated rings. The number of nitrogens with zero attached hydrogens (tertiary/aromatic N) is 8. The zero-order chi connectivity index (χ0) is 26.6. The zero-order valence-electron chi connectivity index (χ0n) is 22.9. The molecule has 204 valence electrons. The van der Waals surface area contributed by atoms with Gasteiger partial charge in [0.1, 0.15) is 11.5 Å². The third kappa shape index (κ3) is 4.21. The molecule has 0 aromatic carbocycles. The Hall–Kier alpha value is -3.37. The van der Waals surface area contributed by atoms with Crippen molar-refractivity contribution in [3.8, 4) is 11.3 Å². The van der Waals surface area contributed by atoms with Crippen LogP contribution in [0.3, 0.4) is 0 Å². The number of aliphatic imine (C=N–C) groups is 1. The first-order chi connectivity index (χ1) is 19.0. The first-order valence-corrected chi connectivity index (χ1v) is 14.4. The number of hydrogen-bond acceptors (Lipinski definition) is 9. The first-order valence-electron chi connectivity index (χ1n) is 14.4. The zero-order valence-corrected chi connectivity index (χ0v) is 22.9. The van der Waals surface area contributed by atoms with Crippen molar-refractivity contribution < 1.29 is 4.74 Å². The van der Waals surface area contributed by atoms with Crippen LogP contribution < -0.4 is 15.5 Å². The number of ether oxygens (including phenoxy) is 1. The Balaban J connectivity index is 1.08. The molecule has 10 heteroatoms. The minimum atomic E-state index is 0.0991. The number of pyridine rings is 1. The number of nitrogens with two attached hydrogens (primary N) is 1. The summed E-state index contributed by atoms with van der Waals surface area (Å²) in [6.07, 6.45) is 11.1. The van der Waals surface area contributed by atoms with E-state index in [-0.39, 0.29) is 17.6 Å². The SMILES string of the molecule is CCCn1cc(-c2ccc3c(n2)CCCN3C2=NCc3nc(N4CCC5(CC4)CO[C@@H](C)[C@H]5N)cnc32)cn1. The molecular formula is C29H37N9O. The largest absolute Gasteiger partial charge is 0.376 e. The van der Waals surface area contributed by atoms with Crippen LogP contribution in [0.4, 0.5) is 11.5 Å². The van der Waals surface area contributed by atoms with Crippen LogP contribution in [0.2, 0.25) is 0 Å². The van der Waals surface area contributed by atoms with Gasteiger partial charge in [-0.2, -0.15) is 5.10 Å². The molecule has 39 heavy (non-hydrogen) atoms. The molecule has 7 heterocycles. The molecule has 2 atom stereocenters. The fourth-order valence-electron chi connectivity index (χ4n) is 6.63. The van der Waals surface area contributed by atoms with Crippen LogP contribution in [-0.2, 0) is 24.2 Å². The maximum absolute atomic E-state index is 6.52. The summed E-state index contributed by atoms with van der Waals surface area (Å²) >= 11 is 0. The molecule has 0 aliphatic carbocycles. The van der Waals surface area contributed by atoms with Crippen LogP contribution >= 0.6 is 0 Å². The predicted octanol–water partition coefficient (Wildman–Crippen LogP) is 3.19. The summed E-state index contributed by atoms with van der Waals surface area (Å²) in [4.78, 5) is 24.5. The van der Waals surface area contributed by atoms with Gasteiger partial charge in [0.2, 0.25) is 0 Å². The number of rotatable bonds is 4. The van der Waals surface area contributed by atoms with E-state index in [0.717, 1.165) is 111 Å². The number of hydrogen-bond donors (Lipinski definition) is 1. The topological polar surface area (TPSA) is 111 Å². The van der Waals surface area contributed by atoms with Gasteiger partial charge in [0.25, 0.3) is 0 Å². The summed E-state index contributed by atoms with van der Waals surface area (Å²) in [6.45, 7) is 9.26. The van der Waals surface area contributed by atoms with Gasteiger partial charge < -0.3 is 20.3 Å². The van der Waals surface area contributed by atoms with E-state index in [0.29, 0.717) is 6.54 Å². The minimum absolute atomic E-state index is 0.0991. The lowest BCUT2D eigenvalue weighted by atomic mass is 9.73. The Morgan fingerprint density at radius 3 is 2.77 bits per heavy atom. The predicted molar refractivity (Wildman–Crippen MR) is 151 cm³/mol. The van der Waals surface area contributed by atoms with E-state index in [4.69, 9.17) is 30.4 Å². The number of piperidine rings is 1. The Kier molecular flexibility index (Phi) is 6.12. The van der Waals surface area contributed by atoms with Gasteiger partial charge in [-0.1, -0.05) is 6.92 Å². The molecule has 0 saturated carbocycles. The van der Waals surface area contributed by atoms with Crippen molar-refractivity contribution in [1.82, 2.24) is 24.7 Å². The van der Waals surface area contributed by atoms with E-state index >= 15 is 0 Å². The number of anilines is 2. The Labute approximate surface area is 229 Å². The first kappa shape index (κ1) is 24.7. The maximum atomic E-state index is 6.52. The van der Waals surface area contributed by atoms with Crippen molar-refractivity contribution >= 4 is 17.3 Å². The van der Waals surface area contributed by atoms with Gasteiger partial charge in [0.05, 0.1) is 54.4 Å². The van der Waals surface area contributed by atoms with E-state index in [1.165, 1.54) is 0 Å². The highest BCUT2D eigenvalue weighted by atomic mass is 16.5. The molecule has 0 amide bonds. The highest BCUT2D eigenvalue weighted by Crippen LogP contribution is 2.42. The summed E-state index contributed by atoms with van der Waals surface area (Å²) < 4.78 is 7.88. The highest BCUT2D eigenvalue weighted by Gasteiger charge is 2.47. The minimum Gasteiger partial charge on any atom is -0.376 e. The van der Waals surface area contributed by atoms with Crippen molar-refractivity contribution in [3.05, 3.63) is 47.8 Å².